The highest BCUT2D eigenvalue weighted by molar-refractivity contribution is 9.09. The van der Waals surface area contributed by atoms with Crippen molar-refractivity contribution in [2.45, 2.75) is 13.0 Å². The summed E-state index contributed by atoms with van der Waals surface area (Å²) < 4.78 is 28.4. The van der Waals surface area contributed by atoms with Gasteiger partial charge in [-0.3, -0.25) is 4.79 Å². The fraction of sp³-hybridized carbons (Fsp3) is 0.300. The average molecular weight is 314 g/mol. The minimum absolute atomic E-state index is 0.00363. The van der Waals surface area contributed by atoms with E-state index in [4.69, 9.17) is 11.6 Å². The van der Waals surface area contributed by atoms with Gasteiger partial charge in [0.15, 0.2) is 5.78 Å². The molecule has 0 aliphatic rings. The minimum atomic E-state index is -2.98. The maximum Gasteiger partial charge on any atom is 0.387 e. The Morgan fingerprint density at radius 1 is 1.50 bits per heavy atom. The Morgan fingerprint density at radius 3 is 2.75 bits per heavy atom. The Morgan fingerprint density at radius 2 is 2.19 bits per heavy atom. The first-order valence-electron chi connectivity index (χ1n) is 4.38. The monoisotopic (exact) mass is 312 g/mol. The van der Waals surface area contributed by atoms with Crippen molar-refractivity contribution < 1.29 is 18.3 Å². The lowest BCUT2D eigenvalue weighted by atomic mass is 10.1. The first-order chi connectivity index (χ1) is 7.56. The van der Waals surface area contributed by atoms with Crippen LogP contribution in [-0.2, 0) is 0 Å². The summed E-state index contributed by atoms with van der Waals surface area (Å²) in [6, 6.07) is 4.20. The number of hydrogen-bond donors (Lipinski definition) is 0. The lowest BCUT2D eigenvalue weighted by Gasteiger charge is -2.10. The third-order valence-electron chi connectivity index (χ3n) is 1.79. The molecular formula is C10H8BrClF2O2. The fourth-order valence-corrected chi connectivity index (χ4v) is 1.81. The Bertz CT molecular complexity index is 385. The lowest BCUT2D eigenvalue weighted by Crippen LogP contribution is -2.09. The van der Waals surface area contributed by atoms with E-state index in [1.165, 1.54) is 18.2 Å². The van der Waals surface area contributed by atoms with Crippen molar-refractivity contribution in [3.8, 4) is 5.75 Å². The van der Waals surface area contributed by atoms with E-state index in [1.54, 1.807) is 0 Å². The first kappa shape index (κ1) is 13.4. The number of halogens is 4. The smallest absolute Gasteiger partial charge is 0.387 e. The van der Waals surface area contributed by atoms with Crippen LogP contribution in [0.3, 0.4) is 0 Å². The second-order valence-corrected chi connectivity index (χ2v) is 4.05. The Hall–Kier alpha value is -0.680. The van der Waals surface area contributed by atoms with E-state index >= 15 is 0 Å². The minimum Gasteiger partial charge on any atom is -0.434 e. The van der Waals surface area contributed by atoms with E-state index < -0.39 is 6.61 Å². The zero-order chi connectivity index (χ0) is 12.1. The van der Waals surface area contributed by atoms with E-state index in [9.17, 15) is 13.6 Å². The Labute approximate surface area is 105 Å². The van der Waals surface area contributed by atoms with Crippen LogP contribution >= 0.6 is 27.5 Å². The summed E-state index contributed by atoms with van der Waals surface area (Å²) >= 11 is 8.88. The number of benzene rings is 1. The van der Waals surface area contributed by atoms with Gasteiger partial charge in [-0.15, -0.1) is 0 Å². The Balaban J connectivity index is 3.07. The largest absolute Gasteiger partial charge is 0.434 e. The molecule has 1 aromatic carbocycles. The Kier molecular flexibility index (Phi) is 5.15. The summed E-state index contributed by atoms with van der Waals surface area (Å²) in [6.07, 6.45) is 0.170. The van der Waals surface area contributed by atoms with Crippen molar-refractivity contribution in [2.75, 3.05) is 5.33 Å². The third kappa shape index (κ3) is 3.42. The van der Waals surface area contributed by atoms with E-state index in [0.717, 1.165) is 0 Å². The summed E-state index contributed by atoms with van der Waals surface area (Å²) in [5.74, 6) is -0.522. The van der Waals surface area contributed by atoms with Gasteiger partial charge in [-0.1, -0.05) is 33.6 Å². The number of carbonyl (C=O) groups is 1. The SMILES string of the molecule is O=C(CCBr)c1c(Cl)cccc1OC(F)F. The second kappa shape index (κ2) is 6.15. The summed E-state index contributed by atoms with van der Waals surface area (Å²) in [5, 5.41) is 0.551. The number of alkyl halides is 3. The van der Waals surface area contributed by atoms with Crippen LogP contribution in [0.5, 0.6) is 5.75 Å². The standard InChI is InChI=1S/C10H8BrClF2O2/c11-5-4-7(15)9-6(12)2-1-3-8(9)16-10(13)14/h1-3,10H,4-5H2. The molecule has 0 unspecified atom stereocenters. The molecule has 88 valence electrons. The van der Waals surface area contributed by atoms with Gasteiger partial charge in [0, 0.05) is 11.8 Å². The van der Waals surface area contributed by atoms with E-state index in [2.05, 4.69) is 20.7 Å². The van der Waals surface area contributed by atoms with Crippen LogP contribution in [0.2, 0.25) is 5.02 Å². The average Bonchev–Trinajstić information content (AvgIpc) is 2.16. The topological polar surface area (TPSA) is 26.3 Å². The summed E-state index contributed by atoms with van der Waals surface area (Å²) in [4.78, 5) is 11.6. The van der Waals surface area contributed by atoms with Gasteiger partial charge >= 0.3 is 6.61 Å². The first-order valence-corrected chi connectivity index (χ1v) is 5.88. The zero-order valence-electron chi connectivity index (χ0n) is 8.05. The molecular weight excluding hydrogens is 305 g/mol. The van der Waals surface area contributed by atoms with Crippen LogP contribution in [0.25, 0.3) is 0 Å². The zero-order valence-corrected chi connectivity index (χ0v) is 10.4. The predicted molar refractivity (Wildman–Crippen MR) is 60.8 cm³/mol. The van der Waals surface area contributed by atoms with Crippen molar-refractivity contribution in [2.24, 2.45) is 0 Å². The molecule has 0 aliphatic heterocycles. The summed E-state index contributed by atoms with van der Waals surface area (Å²) in [5.41, 5.74) is 0.00363. The third-order valence-corrected chi connectivity index (χ3v) is 2.50. The van der Waals surface area contributed by atoms with Crippen LogP contribution in [0.1, 0.15) is 16.8 Å². The van der Waals surface area contributed by atoms with Crippen molar-refractivity contribution in [3.05, 3.63) is 28.8 Å². The van der Waals surface area contributed by atoms with E-state index in [-0.39, 0.29) is 28.5 Å². The van der Waals surface area contributed by atoms with Gasteiger partial charge in [0.2, 0.25) is 0 Å². The molecule has 0 saturated heterocycles. The van der Waals surface area contributed by atoms with Crippen LogP contribution < -0.4 is 4.74 Å². The molecule has 0 heterocycles. The predicted octanol–water partition coefficient (Wildman–Crippen LogP) is 3.91. The van der Waals surface area contributed by atoms with Crippen molar-refractivity contribution in [1.82, 2.24) is 0 Å². The van der Waals surface area contributed by atoms with Crippen LogP contribution in [0.4, 0.5) is 8.78 Å². The molecule has 0 bridgehead atoms. The number of rotatable bonds is 5. The van der Waals surface area contributed by atoms with Gasteiger partial charge < -0.3 is 4.74 Å². The molecule has 2 nitrogen and oxygen atoms in total. The van der Waals surface area contributed by atoms with E-state index in [1.807, 2.05) is 0 Å². The second-order valence-electron chi connectivity index (χ2n) is 2.85. The highest BCUT2D eigenvalue weighted by Gasteiger charge is 2.18. The molecule has 6 heteroatoms. The van der Waals surface area contributed by atoms with Gasteiger partial charge in [-0.2, -0.15) is 8.78 Å². The van der Waals surface area contributed by atoms with Gasteiger partial charge in [-0.05, 0) is 12.1 Å². The molecule has 0 atom stereocenters. The van der Waals surface area contributed by atoms with Gasteiger partial charge in [0.1, 0.15) is 5.75 Å². The van der Waals surface area contributed by atoms with Crippen LogP contribution in [0.15, 0.2) is 18.2 Å². The molecule has 0 radical (unpaired) electrons. The van der Waals surface area contributed by atoms with Crippen molar-refractivity contribution >= 4 is 33.3 Å². The molecule has 0 spiro atoms. The lowest BCUT2D eigenvalue weighted by molar-refractivity contribution is -0.0501. The quantitative estimate of drug-likeness (QED) is 0.608. The number of hydrogen-bond acceptors (Lipinski definition) is 2. The molecule has 0 N–H and O–H groups in total. The maximum absolute atomic E-state index is 12.1. The van der Waals surface area contributed by atoms with Crippen molar-refractivity contribution in [1.29, 1.82) is 0 Å². The van der Waals surface area contributed by atoms with E-state index in [0.29, 0.717) is 5.33 Å². The van der Waals surface area contributed by atoms with Crippen LogP contribution in [-0.4, -0.2) is 17.7 Å². The molecule has 0 amide bonds. The number of ketones is 1. The fourth-order valence-electron chi connectivity index (χ4n) is 1.18. The highest BCUT2D eigenvalue weighted by atomic mass is 79.9. The summed E-state index contributed by atoms with van der Waals surface area (Å²) in [6.45, 7) is -2.98. The highest BCUT2D eigenvalue weighted by Crippen LogP contribution is 2.29. The molecule has 0 aromatic heterocycles. The molecule has 0 saturated carbocycles. The van der Waals surface area contributed by atoms with Gasteiger partial charge in [-0.25, -0.2) is 0 Å². The van der Waals surface area contributed by atoms with Crippen LogP contribution in [0, 0.1) is 0 Å². The number of ether oxygens (including phenoxy) is 1. The normalized spacial score (nSPS) is 10.6. The summed E-state index contributed by atoms with van der Waals surface area (Å²) in [7, 11) is 0. The number of carbonyl (C=O) groups excluding carboxylic acids is 1. The van der Waals surface area contributed by atoms with Gasteiger partial charge in [0.25, 0.3) is 0 Å². The molecule has 0 fully saturated rings. The molecule has 1 aromatic rings. The molecule has 0 aliphatic carbocycles. The maximum atomic E-state index is 12.1. The van der Waals surface area contributed by atoms with Gasteiger partial charge in [0.05, 0.1) is 10.6 Å². The molecule has 16 heavy (non-hydrogen) atoms. The van der Waals surface area contributed by atoms with Crippen molar-refractivity contribution in [3.63, 3.8) is 0 Å². The number of Topliss-reactive ketones (excluding diaryl/α,β-unsaturated/α-hetero) is 1. The molecule has 1 rings (SSSR count).